The van der Waals surface area contributed by atoms with Crippen molar-refractivity contribution >= 4 is 33.2 Å². The fourth-order valence-electron chi connectivity index (χ4n) is 2.92. The molecule has 1 atom stereocenters. The van der Waals surface area contributed by atoms with Crippen molar-refractivity contribution in [2.24, 2.45) is 0 Å². The highest BCUT2D eigenvalue weighted by atomic mass is 79.9. The molecule has 1 unspecified atom stereocenters. The van der Waals surface area contributed by atoms with Gasteiger partial charge in [-0.25, -0.2) is 0 Å². The van der Waals surface area contributed by atoms with Gasteiger partial charge in [-0.15, -0.1) is 11.3 Å². The van der Waals surface area contributed by atoms with Gasteiger partial charge < -0.3 is 15.0 Å². The van der Waals surface area contributed by atoms with Crippen LogP contribution in [0.2, 0.25) is 0 Å². The Balaban J connectivity index is 1.82. The van der Waals surface area contributed by atoms with Gasteiger partial charge in [0, 0.05) is 30.1 Å². The molecule has 122 valence electrons. The van der Waals surface area contributed by atoms with Crippen LogP contribution in [0, 0.1) is 0 Å². The second-order valence-corrected chi connectivity index (χ2v) is 7.98. The second-order valence-electron chi connectivity index (χ2n) is 5.43. The average molecular weight is 395 g/mol. The van der Waals surface area contributed by atoms with Gasteiger partial charge >= 0.3 is 0 Å². The van der Waals surface area contributed by atoms with Crippen LogP contribution >= 0.6 is 27.3 Å². The first-order valence-electron chi connectivity index (χ1n) is 7.56. The molecule has 6 heteroatoms. The summed E-state index contributed by atoms with van der Waals surface area (Å²) in [4.78, 5) is 15.9. The minimum Gasteiger partial charge on any atom is -0.496 e. The van der Waals surface area contributed by atoms with E-state index in [9.17, 15) is 4.79 Å². The van der Waals surface area contributed by atoms with E-state index in [0.717, 1.165) is 33.1 Å². The molecule has 2 heterocycles. The van der Waals surface area contributed by atoms with Crippen LogP contribution in [0.3, 0.4) is 0 Å². The van der Waals surface area contributed by atoms with E-state index < -0.39 is 0 Å². The molecule has 1 aliphatic heterocycles. The van der Waals surface area contributed by atoms with Gasteiger partial charge in [-0.3, -0.25) is 4.79 Å². The summed E-state index contributed by atoms with van der Waals surface area (Å²) in [5.41, 5.74) is 1.06. The highest BCUT2D eigenvalue weighted by Crippen LogP contribution is 2.31. The van der Waals surface area contributed by atoms with Crippen molar-refractivity contribution < 1.29 is 9.53 Å². The van der Waals surface area contributed by atoms with E-state index in [1.807, 2.05) is 41.3 Å². The zero-order chi connectivity index (χ0) is 16.2. The molecule has 1 aromatic heterocycles. The van der Waals surface area contributed by atoms with Gasteiger partial charge in [0.1, 0.15) is 5.75 Å². The van der Waals surface area contributed by atoms with Crippen LogP contribution in [0.4, 0.5) is 0 Å². The van der Waals surface area contributed by atoms with Crippen molar-refractivity contribution in [1.29, 1.82) is 0 Å². The van der Waals surface area contributed by atoms with Crippen LogP contribution in [-0.2, 0) is 11.2 Å². The average Bonchev–Trinajstić information content (AvgIpc) is 2.99. The van der Waals surface area contributed by atoms with Gasteiger partial charge in [-0.2, -0.15) is 0 Å². The third-order valence-electron chi connectivity index (χ3n) is 4.02. The van der Waals surface area contributed by atoms with Gasteiger partial charge in [0.2, 0.25) is 5.91 Å². The van der Waals surface area contributed by atoms with E-state index in [0.29, 0.717) is 13.0 Å². The molecule has 0 saturated carbocycles. The summed E-state index contributed by atoms with van der Waals surface area (Å²) in [5, 5.41) is 3.38. The highest BCUT2D eigenvalue weighted by molar-refractivity contribution is 9.11. The number of methoxy groups -OCH3 is 1. The Labute approximate surface area is 148 Å². The van der Waals surface area contributed by atoms with E-state index in [1.165, 1.54) is 0 Å². The van der Waals surface area contributed by atoms with Gasteiger partial charge in [0.25, 0.3) is 0 Å². The second kappa shape index (κ2) is 7.47. The molecule has 1 amide bonds. The summed E-state index contributed by atoms with van der Waals surface area (Å²) in [6, 6.07) is 11.9. The molecule has 3 rings (SSSR count). The minimum absolute atomic E-state index is 0.0100. The number of rotatable bonds is 4. The van der Waals surface area contributed by atoms with Crippen molar-refractivity contribution in [3.63, 3.8) is 0 Å². The Hall–Kier alpha value is -1.37. The third-order valence-corrected chi connectivity index (χ3v) is 5.64. The van der Waals surface area contributed by atoms with Crippen LogP contribution in [0.15, 0.2) is 40.2 Å². The molecule has 1 aromatic carbocycles. The number of carbonyl (C=O) groups is 1. The fourth-order valence-corrected chi connectivity index (χ4v) is 4.39. The van der Waals surface area contributed by atoms with E-state index in [-0.39, 0.29) is 11.9 Å². The lowest BCUT2D eigenvalue weighted by Gasteiger charge is -2.37. The Morgan fingerprint density at radius 2 is 2.22 bits per heavy atom. The van der Waals surface area contributed by atoms with Crippen molar-refractivity contribution in [3.05, 3.63) is 50.6 Å². The fraction of sp³-hybridized carbons (Fsp3) is 0.353. The molecule has 1 fully saturated rings. The number of nitrogens with one attached hydrogen (secondary N) is 1. The molecule has 23 heavy (non-hydrogen) atoms. The number of ether oxygens (including phenoxy) is 1. The van der Waals surface area contributed by atoms with Gasteiger partial charge in [-0.1, -0.05) is 18.2 Å². The molecular weight excluding hydrogens is 376 g/mol. The van der Waals surface area contributed by atoms with Crippen LogP contribution < -0.4 is 10.1 Å². The smallest absolute Gasteiger partial charge is 0.228 e. The number of nitrogens with zero attached hydrogens (tertiary/aromatic N) is 1. The highest BCUT2D eigenvalue weighted by Gasteiger charge is 2.29. The maximum Gasteiger partial charge on any atom is 0.228 e. The molecule has 0 spiro atoms. The topological polar surface area (TPSA) is 41.6 Å². The van der Waals surface area contributed by atoms with Crippen LogP contribution in [0.5, 0.6) is 5.75 Å². The van der Waals surface area contributed by atoms with Gasteiger partial charge in [0.15, 0.2) is 0 Å². The molecule has 2 aromatic rings. The number of hydrogen-bond acceptors (Lipinski definition) is 4. The summed E-state index contributed by atoms with van der Waals surface area (Å²) in [5.74, 6) is 0.995. The van der Waals surface area contributed by atoms with E-state index in [2.05, 4.69) is 21.2 Å². The lowest BCUT2D eigenvalue weighted by molar-refractivity contribution is -0.133. The van der Waals surface area contributed by atoms with E-state index in [4.69, 9.17) is 4.74 Å². The summed E-state index contributed by atoms with van der Waals surface area (Å²) >= 11 is 5.07. The van der Waals surface area contributed by atoms with Crippen molar-refractivity contribution in [2.75, 3.05) is 26.7 Å². The van der Waals surface area contributed by atoms with Crippen molar-refractivity contribution in [1.82, 2.24) is 10.2 Å². The zero-order valence-electron chi connectivity index (χ0n) is 12.9. The molecule has 0 bridgehead atoms. The SMILES string of the molecule is COc1ccccc1C1CNCCN1C(=O)Cc1ccc(Br)s1. The summed E-state index contributed by atoms with van der Waals surface area (Å²) in [6.07, 6.45) is 0.446. The summed E-state index contributed by atoms with van der Waals surface area (Å²) < 4.78 is 6.54. The maximum absolute atomic E-state index is 12.8. The number of benzene rings is 1. The number of thiophene rings is 1. The number of para-hydroxylation sites is 1. The molecule has 4 nitrogen and oxygen atoms in total. The quantitative estimate of drug-likeness (QED) is 0.865. The molecule has 1 saturated heterocycles. The maximum atomic E-state index is 12.8. The van der Waals surface area contributed by atoms with Gasteiger partial charge in [0.05, 0.1) is 23.4 Å². The van der Waals surface area contributed by atoms with E-state index in [1.54, 1.807) is 18.4 Å². The Kier molecular flexibility index (Phi) is 5.35. The first-order valence-corrected chi connectivity index (χ1v) is 9.17. The Morgan fingerprint density at radius 1 is 1.39 bits per heavy atom. The standard InChI is InChI=1S/C17H19BrN2O2S/c1-22-15-5-3-2-4-13(15)14-11-19-8-9-20(14)17(21)10-12-6-7-16(18)23-12/h2-7,14,19H,8-11H2,1H3. The van der Waals surface area contributed by atoms with Crippen LogP contribution in [0.1, 0.15) is 16.5 Å². The first-order chi connectivity index (χ1) is 11.2. The summed E-state index contributed by atoms with van der Waals surface area (Å²) in [6.45, 7) is 2.29. The first kappa shape index (κ1) is 16.5. The zero-order valence-corrected chi connectivity index (χ0v) is 15.3. The van der Waals surface area contributed by atoms with Crippen molar-refractivity contribution in [2.45, 2.75) is 12.5 Å². The Bertz CT molecular complexity index is 689. The van der Waals surface area contributed by atoms with Crippen LogP contribution in [0.25, 0.3) is 0 Å². The predicted molar refractivity (Wildman–Crippen MR) is 96.0 cm³/mol. The third kappa shape index (κ3) is 3.76. The number of amides is 1. The largest absolute Gasteiger partial charge is 0.496 e. The number of hydrogen-bond donors (Lipinski definition) is 1. The van der Waals surface area contributed by atoms with E-state index >= 15 is 0 Å². The Morgan fingerprint density at radius 3 is 2.96 bits per heavy atom. The molecule has 1 N–H and O–H groups in total. The molecule has 0 radical (unpaired) electrons. The monoisotopic (exact) mass is 394 g/mol. The van der Waals surface area contributed by atoms with Gasteiger partial charge in [-0.05, 0) is 34.1 Å². The summed E-state index contributed by atoms with van der Waals surface area (Å²) in [7, 11) is 1.67. The lowest BCUT2D eigenvalue weighted by atomic mass is 10.0. The number of piperazine rings is 1. The lowest BCUT2D eigenvalue weighted by Crippen LogP contribution is -2.49. The molecule has 0 aliphatic carbocycles. The van der Waals surface area contributed by atoms with Crippen LogP contribution in [-0.4, -0.2) is 37.6 Å². The predicted octanol–water partition coefficient (Wildman–Crippen LogP) is 3.23. The molecular formula is C17H19BrN2O2S. The number of carbonyl (C=O) groups excluding carboxylic acids is 1. The van der Waals surface area contributed by atoms with Crippen molar-refractivity contribution in [3.8, 4) is 5.75 Å². The minimum atomic E-state index is 0.0100. The molecule has 1 aliphatic rings. The number of halogens is 1. The normalized spacial score (nSPS) is 18.0.